The highest BCUT2D eigenvalue weighted by Crippen LogP contribution is 2.02. The van der Waals surface area contributed by atoms with Crippen molar-refractivity contribution in [3.63, 3.8) is 0 Å². The molecule has 0 radical (unpaired) electrons. The molecule has 0 aromatic heterocycles. The second-order valence-corrected chi connectivity index (χ2v) is 3.75. The van der Waals surface area contributed by atoms with Crippen LogP contribution < -0.4 is 5.32 Å². The Bertz CT molecular complexity index is 212. The van der Waals surface area contributed by atoms with Gasteiger partial charge in [-0.25, -0.2) is 4.79 Å². The van der Waals surface area contributed by atoms with Gasteiger partial charge in [-0.15, -0.1) is 0 Å². The third-order valence-electron chi connectivity index (χ3n) is 2.51. The summed E-state index contributed by atoms with van der Waals surface area (Å²) in [5.74, 6) is 0.462. The summed E-state index contributed by atoms with van der Waals surface area (Å²) in [5, 5.41) is 3.30. The van der Waals surface area contributed by atoms with Gasteiger partial charge in [-0.2, -0.15) is 0 Å². The first-order chi connectivity index (χ1) is 7.15. The van der Waals surface area contributed by atoms with Crippen LogP contribution in [0, 0.1) is 5.92 Å². The molecule has 0 rings (SSSR count). The van der Waals surface area contributed by atoms with Gasteiger partial charge in [0.05, 0.1) is 7.11 Å². The fourth-order valence-corrected chi connectivity index (χ4v) is 1.17. The van der Waals surface area contributed by atoms with E-state index in [2.05, 4.69) is 23.9 Å². The van der Waals surface area contributed by atoms with E-state index in [1.54, 1.807) is 0 Å². The summed E-state index contributed by atoms with van der Waals surface area (Å²) in [6.45, 7) is 8.07. The van der Waals surface area contributed by atoms with Gasteiger partial charge in [-0.05, 0) is 18.9 Å². The Hall–Kier alpha value is -0.830. The summed E-state index contributed by atoms with van der Waals surface area (Å²) in [7, 11) is 1.42. The zero-order valence-corrected chi connectivity index (χ0v) is 10.3. The Balaban J connectivity index is 3.86. The average Bonchev–Trinajstić information content (AvgIpc) is 2.27. The van der Waals surface area contributed by atoms with Crippen molar-refractivity contribution in [3.05, 3.63) is 11.6 Å². The molecule has 15 heavy (non-hydrogen) atoms. The van der Waals surface area contributed by atoms with E-state index in [-0.39, 0.29) is 5.97 Å². The maximum atomic E-state index is 11.2. The number of carbonyl (C=O) groups is 1. The maximum absolute atomic E-state index is 11.2. The van der Waals surface area contributed by atoms with Crippen molar-refractivity contribution in [1.82, 2.24) is 5.32 Å². The molecule has 0 heterocycles. The lowest BCUT2D eigenvalue weighted by Crippen LogP contribution is -2.21. The monoisotopic (exact) mass is 213 g/mol. The Kier molecular flexibility index (Phi) is 8.01. The van der Waals surface area contributed by atoms with Crippen LogP contribution in [0.5, 0.6) is 0 Å². The van der Waals surface area contributed by atoms with Crippen molar-refractivity contribution in [2.75, 3.05) is 20.2 Å². The SMILES string of the molecule is CC/C(=C/CNCC(C)CC)C(=O)OC. The van der Waals surface area contributed by atoms with E-state index in [1.807, 2.05) is 13.0 Å². The van der Waals surface area contributed by atoms with E-state index in [0.717, 1.165) is 25.1 Å². The van der Waals surface area contributed by atoms with Gasteiger partial charge in [-0.3, -0.25) is 0 Å². The van der Waals surface area contributed by atoms with Crippen LogP contribution in [0.2, 0.25) is 0 Å². The van der Waals surface area contributed by atoms with Crippen molar-refractivity contribution in [2.45, 2.75) is 33.6 Å². The maximum Gasteiger partial charge on any atom is 0.333 e. The van der Waals surface area contributed by atoms with Gasteiger partial charge in [0.15, 0.2) is 0 Å². The average molecular weight is 213 g/mol. The molecule has 3 nitrogen and oxygen atoms in total. The minimum atomic E-state index is -0.220. The van der Waals surface area contributed by atoms with E-state index in [1.165, 1.54) is 13.5 Å². The number of esters is 1. The van der Waals surface area contributed by atoms with E-state index in [0.29, 0.717) is 5.92 Å². The fourth-order valence-electron chi connectivity index (χ4n) is 1.17. The highest BCUT2D eigenvalue weighted by molar-refractivity contribution is 5.88. The molecule has 0 aliphatic rings. The van der Waals surface area contributed by atoms with Crippen molar-refractivity contribution >= 4 is 5.97 Å². The Morgan fingerprint density at radius 2 is 2.13 bits per heavy atom. The minimum absolute atomic E-state index is 0.220. The van der Waals surface area contributed by atoms with Crippen LogP contribution >= 0.6 is 0 Å². The van der Waals surface area contributed by atoms with Crippen molar-refractivity contribution in [2.24, 2.45) is 5.92 Å². The molecule has 0 fully saturated rings. The van der Waals surface area contributed by atoms with Gasteiger partial charge in [0.1, 0.15) is 0 Å². The molecule has 0 aromatic rings. The number of hydrogen-bond acceptors (Lipinski definition) is 3. The standard InChI is InChI=1S/C12H23NO2/c1-5-10(3)9-13-8-7-11(6-2)12(14)15-4/h7,10,13H,5-6,8-9H2,1-4H3/b11-7-. The van der Waals surface area contributed by atoms with E-state index in [9.17, 15) is 4.79 Å². The summed E-state index contributed by atoms with van der Waals surface area (Å²) in [6, 6.07) is 0. The minimum Gasteiger partial charge on any atom is -0.466 e. The largest absolute Gasteiger partial charge is 0.466 e. The fraction of sp³-hybridized carbons (Fsp3) is 0.750. The van der Waals surface area contributed by atoms with Gasteiger partial charge in [0.2, 0.25) is 0 Å². The number of methoxy groups -OCH3 is 1. The van der Waals surface area contributed by atoms with Crippen LogP contribution in [0.1, 0.15) is 33.6 Å². The normalized spacial score (nSPS) is 13.7. The first-order valence-electron chi connectivity index (χ1n) is 5.63. The van der Waals surface area contributed by atoms with Crippen molar-refractivity contribution in [1.29, 1.82) is 0 Å². The predicted octanol–water partition coefficient (Wildman–Crippen LogP) is 2.13. The van der Waals surface area contributed by atoms with Gasteiger partial charge in [-0.1, -0.05) is 33.3 Å². The lowest BCUT2D eigenvalue weighted by atomic mass is 10.1. The third kappa shape index (κ3) is 6.28. The molecule has 3 heteroatoms. The van der Waals surface area contributed by atoms with Crippen LogP contribution in [0.4, 0.5) is 0 Å². The molecule has 88 valence electrons. The zero-order chi connectivity index (χ0) is 11.7. The molecule has 0 bridgehead atoms. The molecular weight excluding hydrogens is 190 g/mol. The van der Waals surface area contributed by atoms with E-state index >= 15 is 0 Å². The first-order valence-corrected chi connectivity index (χ1v) is 5.63. The number of ether oxygens (including phenoxy) is 1. The van der Waals surface area contributed by atoms with E-state index < -0.39 is 0 Å². The van der Waals surface area contributed by atoms with Gasteiger partial charge in [0.25, 0.3) is 0 Å². The summed E-state index contributed by atoms with van der Waals surface area (Å²) < 4.78 is 4.67. The molecule has 1 atom stereocenters. The van der Waals surface area contributed by atoms with Crippen LogP contribution in [-0.4, -0.2) is 26.2 Å². The number of hydrogen-bond donors (Lipinski definition) is 1. The van der Waals surface area contributed by atoms with Crippen LogP contribution in [0.3, 0.4) is 0 Å². The summed E-state index contributed by atoms with van der Waals surface area (Å²) in [6.07, 6.45) is 3.81. The predicted molar refractivity (Wildman–Crippen MR) is 62.7 cm³/mol. The van der Waals surface area contributed by atoms with Crippen molar-refractivity contribution in [3.8, 4) is 0 Å². The zero-order valence-electron chi connectivity index (χ0n) is 10.3. The number of rotatable bonds is 7. The molecule has 0 aromatic carbocycles. The summed E-state index contributed by atoms with van der Waals surface area (Å²) in [4.78, 5) is 11.2. The Morgan fingerprint density at radius 1 is 1.47 bits per heavy atom. The first kappa shape index (κ1) is 14.2. The molecule has 0 saturated heterocycles. The van der Waals surface area contributed by atoms with Gasteiger partial charge in [0, 0.05) is 12.1 Å². The van der Waals surface area contributed by atoms with Crippen LogP contribution in [0.25, 0.3) is 0 Å². The smallest absolute Gasteiger partial charge is 0.333 e. The van der Waals surface area contributed by atoms with Crippen LogP contribution in [0.15, 0.2) is 11.6 Å². The van der Waals surface area contributed by atoms with Crippen LogP contribution in [-0.2, 0) is 9.53 Å². The van der Waals surface area contributed by atoms with Gasteiger partial charge >= 0.3 is 5.97 Å². The highest BCUT2D eigenvalue weighted by atomic mass is 16.5. The molecule has 0 spiro atoms. The van der Waals surface area contributed by atoms with E-state index in [4.69, 9.17) is 0 Å². The molecule has 1 N–H and O–H groups in total. The number of nitrogens with one attached hydrogen (secondary N) is 1. The molecule has 0 saturated carbocycles. The quantitative estimate of drug-likeness (QED) is 0.400. The summed E-state index contributed by atoms with van der Waals surface area (Å²) in [5.41, 5.74) is 0.745. The van der Waals surface area contributed by atoms with Crippen molar-refractivity contribution < 1.29 is 9.53 Å². The summed E-state index contributed by atoms with van der Waals surface area (Å²) >= 11 is 0. The number of carbonyl (C=O) groups excluding carboxylic acids is 1. The second-order valence-electron chi connectivity index (χ2n) is 3.75. The third-order valence-corrected chi connectivity index (χ3v) is 2.51. The Morgan fingerprint density at radius 3 is 2.60 bits per heavy atom. The lowest BCUT2D eigenvalue weighted by Gasteiger charge is -2.08. The molecular formula is C12H23NO2. The Labute approximate surface area is 92.9 Å². The second kappa shape index (κ2) is 8.48. The molecule has 0 aliphatic heterocycles. The van der Waals surface area contributed by atoms with Gasteiger partial charge < -0.3 is 10.1 Å². The lowest BCUT2D eigenvalue weighted by molar-refractivity contribution is -0.136. The molecule has 0 amide bonds. The molecule has 1 unspecified atom stereocenters. The topological polar surface area (TPSA) is 38.3 Å². The molecule has 0 aliphatic carbocycles. The highest BCUT2D eigenvalue weighted by Gasteiger charge is 2.05.